The Morgan fingerprint density at radius 1 is 1.29 bits per heavy atom. The van der Waals surface area contributed by atoms with Gasteiger partial charge in [0.2, 0.25) is 0 Å². The Bertz CT molecular complexity index is 409. The zero-order valence-corrected chi connectivity index (χ0v) is 12.4. The lowest BCUT2D eigenvalue weighted by Gasteiger charge is -2.20. The summed E-state index contributed by atoms with van der Waals surface area (Å²) >= 11 is 1.98. The molecule has 0 atom stereocenters. The van der Waals surface area contributed by atoms with Crippen LogP contribution in [-0.4, -0.2) is 49.9 Å². The van der Waals surface area contributed by atoms with Crippen LogP contribution in [0.15, 0.2) is 18.2 Å². The van der Waals surface area contributed by atoms with E-state index in [-0.39, 0.29) is 11.7 Å². The normalized spacial score (nSPS) is 10.7. The number of hydrogen-bond acceptors (Lipinski definition) is 2. The van der Waals surface area contributed by atoms with E-state index < -0.39 is 0 Å². The fourth-order valence-electron chi connectivity index (χ4n) is 1.32. The predicted molar refractivity (Wildman–Crippen MR) is 74.6 cm³/mol. The highest BCUT2D eigenvalue weighted by Crippen LogP contribution is 2.15. The minimum atomic E-state index is -0.318. The fraction of sp³-hybridized carbons (Fsp3) is 0.417. The van der Waals surface area contributed by atoms with Crippen LogP contribution in [0.5, 0.6) is 0 Å². The van der Waals surface area contributed by atoms with Gasteiger partial charge in [-0.05, 0) is 54.9 Å². The third-order valence-electron chi connectivity index (χ3n) is 2.39. The maximum absolute atomic E-state index is 12.9. The number of likely N-dealkylation sites (N-methyl/N-ethyl adjacent to an activating group) is 2. The summed E-state index contributed by atoms with van der Waals surface area (Å²) in [4.78, 5) is 15.7. The molecule has 5 heteroatoms. The van der Waals surface area contributed by atoms with Crippen LogP contribution < -0.4 is 0 Å². The van der Waals surface area contributed by atoms with Crippen molar-refractivity contribution >= 4 is 28.5 Å². The third-order valence-corrected chi connectivity index (χ3v) is 3.28. The van der Waals surface area contributed by atoms with Gasteiger partial charge in [-0.1, -0.05) is 0 Å². The Labute approximate surface area is 115 Å². The average Bonchev–Trinajstić information content (AvgIpc) is 2.25. The molecule has 1 rings (SSSR count). The SMILES string of the molecule is CN(C)CCN(C)C(=O)c1ccc(F)cc1I. The zero-order valence-electron chi connectivity index (χ0n) is 10.2. The zero-order chi connectivity index (χ0) is 13.0. The van der Waals surface area contributed by atoms with Crippen LogP contribution in [0.2, 0.25) is 0 Å². The van der Waals surface area contributed by atoms with E-state index in [0.29, 0.717) is 15.7 Å². The van der Waals surface area contributed by atoms with E-state index in [1.165, 1.54) is 18.2 Å². The summed E-state index contributed by atoms with van der Waals surface area (Å²) in [5.74, 6) is -0.391. The molecule has 0 N–H and O–H groups in total. The van der Waals surface area contributed by atoms with Crippen molar-refractivity contribution in [2.45, 2.75) is 0 Å². The first kappa shape index (κ1) is 14.4. The van der Waals surface area contributed by atoms with Crippen LogP contribution in [-0.2, 0) is 0 Å². The molecule has 1 amide bonds. The summed E-state index contributed by atoms with van der Waals surface area (Å²) in [6.07, 6.45) is 0. The lowest BCUT2D eigenvalue weighted by atomic mass is 10.2. The smallest absolute Gasteiger partial charge is 0.254 e. The number of nitrogens with zero attached hydrogens (tertiary/aromatic N) is 2. The van der Waals surface area contributed by atoms with Gasteiger partial charge in [-0.15, -0.1) is 0 Å². The van der Waals surface area contributed by atoms with E-state index in [1.807, 2.05) is 41.6 Å². The minimum Gasteiger partial charge on any atom is -0.340 e. The fourth-order valence-corrected chi connectivity index (χ4v) is 2.03. The minimum absolute atomic E-state index is 0.0729. The van der Waals surface area contributed by atoms with E-state index >= 15 is 0 Å². The molecule has 0 saturated heterocycles. The summed E-state index contributed by atoms with van der Waals surface area (Å²) < 4.78 is 13.6. The average molecular weight is 350 g/mol. The highest BCUT2D eigenvalue weighted by atomic mass is 127. The van der Waals surface area contributed by atoms with E-state index in [4.69, 9.17) is 0 Å². The van der Waals surface area contributed by atoms with Crippen molar-refractivity contribution in [3.8, 4) is 0 Å². The van der Waals surface area contributed by atoms with E-state index in [0.717, 1.165) is 6.54 Å². The van der Waals surface area contributed by atoms with Crippen molar-refractivity contribution in [3.63, 3.8) is 0 Å². The van der Waals surface area contributed by atoms with Crippen LogP contribution in [0.4, 0.5) is 4.39 Å². The van der Waals surface area contributed by atoms with Gasteiger partial charge in [-0.3, -0.25) is 4.79 Å². The molecule has 0 aliphatic heterocycles. The molecule has 1 aromatic rings. The first-order valence-electron chi connectivity index (χ1n) is 5.27. The molecule has 0 aliphatic carbocycles. The van der Waals surface area contributed by atoms with Crippen molar-refractivity contribution in [1.29, 1.82) is 0 Å². The highest BCUT2D eigenvalue weighted by molar-refractivity contribution is 14.1. The van der Waals surface area contributed by atoms with Gasteiger partial charge >= 0.3 is 0 Å². The first-order valence-corrected chi connectivity index (χ1v) is 6.35. The van der Waals surface area contributed by atoms with Gasteiger partial charge in [0.25, 0.3) is 5.91 Å². The van der Waals surface area contributed by atoms with Gasteiger partial charge in [-0.25, -0.2) is 4.39 Å². The molecule has 0 fully saturated rings. The molecule has 94 valence electrons. The number of amides is 1. The molecule has 0 bridgehead atoms. The third kappa shape index (κ3) is 4.23. The van der Waals surface area contributed by atoms with E-state index in [1.54, 1.807) is 11.9 Å². The monoisotopic (exact) mass is 350 g/mol. The van der Waals surface area contributed by atoms with E-state index in [9.17, 15) is 9.18 Å². The van der Waals surface area contributed by atoms with Crippen LogP contribution >= 0.6 is 22.6 Å². The van der Waals surface area contributed by atoms with Crippen LogP contribution in [0.25, 0.3) is 0 Å². The number of rotatable bonds is 4. The highest BCUT2D eigenvalue weighted by Gasteiger charge is 2.15. The molecule has 1 aromatic carbocycles. The number of benzene rings is 1. The Balaban J connectivity index is 2.75. The molecular formula is C12H16FIN2O. The molecular weight excluding hydrogens is 334 g/mol. The molecule has 0 saturated carbocycles. The predicted octanol–water partition coefficient (Wildman–Crippen LogP) is 2.06. The molecule has 17 heavy (non-hydrogen) atoms. The lowest BCUT2D eigenvalue weighted by molar-refractivity contribution is 0.0785. The van der Waals surface area contributed by atoms with Crippen molar-refractivity contribution in [2.24, 2.45) is 0 Å². The Hall–Kier alpha value is -0.690. The van der Waals surface area contributed by atoms with Crippen molar-refractivity contribution in [1.82, 2.24) is 9.80 Å². The number of carbonyl (C=O) groups is 1. The largest absolute Gasteiger partial charge is 0.340 e. The van der Waals surface area contributed by atoms with Gasteiger partial charge < -0.3 is 9.80 Å². The second-order valence-corrected chi connectivity index (χ2v) is 5.32. The molecule has 0 aliphatic rings. The van der Waals surface area contributed by atoms with Crippen molar-refractivity contribution < 1.29 is 9.18 Å². The number of carbonyl (C=O) groups excluding carboxylic acids is 1. The Morgan fingerprint density at radius 3 is 2.47 bits per heavy atom. The standard InChI is InChI=1S/C12H16FIN2O/c1-15(2)6-7-16(3)12(17)10-5-4-9(13)8-11(10)14/h4-5,8H,6-7H2,1-3H3. The molecule has 0 radical (unpaired) electrons. The van der Waals surface area contributed by atoms with Crippen LogP contribution in [0.1, 0.15) is 10.4 Å². The molecule has 0 spiro atoms. The van der Waals surface area contributed by atoms with Crippen molar-refractivity contribution in [2.75, 3.05) is 34.2 Å². The quantitative estimate of drug-likeness (QED) is 0.777. The Kier molecular flexibility index (Phi) is 5.32. The number of hydrogen-bond donors (Lipinski definition) is 0. The molecule has 3 nitrogen and oxygen atoms in total. The van der Waals surface area contributed by atoms with Gasteiger partial charge in [-0.2, -0.15) is 0 Å². The summed E-state index contributed by atoms with van der Waals surface area (Å²) in [7, 11) is 5.67. The summed E-state index contributed by atoms with van der Waals surface area (Å²) in [5, 5.41) is 0. The summed E-state index contributed by atoms with van der Waals surface area (Å²) in [6, 6.07) is 4.22. The summed E-state index contributed by atoms with van der Waals surface area (Å²) in [6.45, 7) is 1.46. The molecule has 0 unspecified atom stereocenters. The van der Waals surface area contributed by atoms with Gasteiger partial charge in [0, 0.05) is 23.7 Å². The van der Waals surface area contributed by atoms with Crippen LogP contribution in [0, 0.1) is 9.39 Å². The van der Waals surface area contributed by atoms with E-state index in [2.05, 4.69) is 0 Å². The van der Waals surface area contributed by atoms with Gasteiger partial charge in [0.05, 0.1) is 5.56 Å². The van der Waals surface area contributed by atoms with Gasteiger partial charge in [0.15, 0.2) is 0 Å². The summed E-state index contributed by atoms with van der Waals surface area (Å²) in [5.41, 5.74) is 0.549. The lowest BCUT2D eigenvalue weighted by Crippen LogP contribution is -2.33. The Morgan fingerprint density at radius 2 is 1.94 bits per heavy atom. The topological polar surface area (TPSA) is 23.6 Å². The maximum atomic E-state index is 12.9. The van der Waals surface area contributed by atoms with Crippen LogP contribution in [0.3, 0.4) is 0 Å². The van der Waals surface area contributed by atoms with Gasteiger partial charge in [0.1, 0.15) is 5.82 Å². The van der Waals surface area contributed by atoms with Crippen molar-refractivity contribution in [3.05, 3.63) is 33.1 Å². The number of halogens is 2. The first-order chi connectivity index (χ1) is 7.91. The second-order valence-electron chi connectivity index (χ2n) is 4.15. The second kappa shape index (κ2) is 6.30. The maximum Gasteiger partial charge on any atom is 0.254 e. The molecule has 0 aromatic heterocycles. The molecule has 0 heterocycles.